The van der Waals surface area contributed by atoms with E-state index in [0.29, 0.717) is 6.61 Å². The monoisotopic (exact) mass is 237 g/mol. The van der Waals surface area contributed by atoms with Gasteiger partial charge in [-0.25, -0.2) is 0 Å². The highest BCUT2D eigenvalue weighted by atomic mass is 127. The second-order valence-electron chi connectivity index (χ2n) is 1.86. The van der Waals surface area contributed by atoms with Gasteiger partial charge in [-0.15, -0.1) is 0 Å². The van der Waals surface area contributed by atoms with Crippen LogP contribution in [0, 0.1) is 0 Å². The molecule has 0 spiro atoms. The first-order valence-corrected chi connectivity index (χ1v) is 3.56. The number of hydrogen-bond acceptors (Lipinski definition) is 1. The van der Waals surface area contributed by atoms with Gasteiger partial charge in [0.15, 0.2) is 0 Å². The van der Waals surface area contributed by atoms with Crippen molar-refractivity contribution in [3.05, 3.63) is 24.0 Å². The molecule has 0 saturated heterocycles. The lowest BCUT2D eigenvalue weighted by molar-refractivity contribution is 0.403. The highest BCUT2D eigenvalue weighted by Gasteiger charge is 1.93. The molecule has 9 heavy (non-hydrogen) atoms. The van der Waals surface area contributed by atoms with Crippen LogP contribution in [-0.2, 0) is 16.7 Å². The molecule has 0 amide bonds. The molecule has 0 aromatic carbocycles. The Morgan fingerprint density at radius 1 is 1.78 bits per heavy atom. The Labute approximate surface area is 68.5 Å². The van der Waals surface area contributed by atoms with Crippen LogP contribution < -0.4 is 0 Å². The molecule has 0 radical (unpaired) electrons. The van der Waals surface area contributed by atoms with Crippen LogP contribution in [0.3, 0.4) is 0 Å². The van der Waals surface area contributed by atoms with E-state index in [0.717, 1.165) is 0 Å². The molecule has 0 unspecified atom stereocenters. The first-order valence-electron chi connectivity index (χ1n) is 2.68. The summed E-state index contributed by atoms with van der Waals surface area (Å²) in [6.45, 7) is 0.685. The molecular weight excluding hydrogens is 229 g/mol. The summed E-state index contributed by atoms with van der Waals surface area (Å²) in [6.07, 6.45) is 2.00. The van der Waals surface area contributed by atoms with Gasteiger partial charge in [0.25, 0.3) is 0 Å². The topological polar surface area (TPSA) is 14.2 Å². The number of hydrogen-bond donors (Lipinski definition) is 0. The zero-order valence-corrected chi connectivity index (χ0v) is 7.33. The molecule has 2 nitrogen and oxygen atoms in total. The third kappa shape index (κ3) is 1.69. The average molecular weight is 237 g/mol. The van der Waals surface area contributed by atoms with E-state index in [4.69, 9.17) is 3.07 Å². The van der Waals surface area contributed by atoms with Gasteiger partial charge in [0.2, 0.25) is 0 Å². The summed E-state index contributed by atoms with van der Waals surface area (Å²) in [4.78, 5) is 0. The van der Waals surface area contributed by atoms with E-state index >= 15 is 0 Å². The minimum absolute atomic E-state index is 0.685. The van der Waals surface area contributed by atoms with Crippen molar-refractivity contribution >= 4 is 23.0 Å². The summed E-state index contributed by atoms with van der Waals surface area (Å²) in [7, 11) is 2.00. The molecule has 0 saturated carbocycles. The predicted molar refractivity (Wildman–Crippen MR) is 44.2 cm³/mol. The van der Waals surface area contributed by atoms with Gasteiger partial charge in [-0.2, -0.15) is 0 Å². The molecule has 1 aromatic heterocycles. The number of rotatable bonds is 2. The van der Waals surface area contributed by atoms with Gasteiger partial charge < -0.3 is 7.63 Å². The van der Waals surface area contributed by atoms with Crippen LogP contribution >= 0.6 is 23.0 Å². The number of halogens is 1. The number of nitrogens with zero attached hydrogens (tertiary/aromatic N) is 1. The van der Waals surface area contributed by atoms with Gasteiger partial charge in [-0.05, 0) is 12.1 Å². The maximum atomic E-state index is 4.92. The lowest BCUT2D eigenvalue weighted by atomic mass is 10.5. The van der Waals surface area contributed by atoms with Crippen molar-refractivity contribution in [1.29, 1.82) is 0 Å². The first kappa shape index (κ1) is 7.08. The summed E-state index contributed by atoms with van der Waals surface area (Å²) >= 11 is 1.89. The fourth-order valence-corrected chi connectivity index (χ4v) is 1.02. The molecule has 1 aromatic rings. The number of aryl methyl sites for hydroxylation is 1. The minimum atomic E-state index is 0.685. The van der Waals surface area contributed by atoms with Crippen molar-refractivity contribution in [2.24, 2.45) is 7.05 Å². The molecule has 3 heteroatoms. The van der Waals surface area contributed by atoms with Crippen LogP contribution in [0.5, 0.6) is 0 Å². The SMILES string of the molecule is Cn1cccc1COI. The Hall–Kier alpha value is -0.0300. The van der Waals surface area contributed by atoms with Gasteiger partial charge in [0, 0.05) is 18.9 Å². The fraction of sp³-hybridized carbons (Fsp3) is 0.333. The Morgan fingerprint density at radius 3 is 3.00 bits per heavy atom. The van der Waals surface area contributed by atoms with Crippen LogP contribution in [-0.4, -0.2) is 4.57 Å². The smallest absolute Gasteiger partial charge is 0.110 e. The third-order valence-electron chi connectivity index (χ3n) is 1.25. The van der Waals surface area contributed by atoms with Crippen LogP contribution in [0.25, 0.3) is 0 Å². The van der Waals surface area contributed by atoms with Gasteiger partial charge in [-0.1, -0.05) is 0 Å². The van der Waals surface area contributed by atoms with E-state index in [1.54, 1.807) is 0 Å². The van der Waals surface area contributed by atoms with E-state index in [1.807, 2.05) is 53.0 Å². The molecule has 0 aliphatic rings. The quantitative estimate of drug-likeness (QED) is 0.716. The Kier molecular flexibility index (Phi) is 2.53. The second-order valence-corrected chi connectivity index (χ2v) is 2.49. The summed E-state index contributed by atoms with van der Waals surface area (Å²) < 4.78 is 6.96. The highest BCUT2D eigenvalue weighted by molar-refractivity contribution is 14.1. The third-order valence-corrected chi connectivity index (χ3v) is 1.57. The molecule has 0 atom stereocenters. The van der Waals surface area contributed by atoms with Crippen molar-refractivity contribution in [2.45, 2.75) is 6.61 Å². The summed E-state index contributed by atoms with van der Waals surface area (Å²) in [6, 6.07) is 4.05. The van der Waals surface area contributed by atoms with Crippen LogP contribution in [0.1, 0.15) is 5.69 Å². The van der Waals surface area contributed by atoms with Crippen molar-refractivity contribution in [3.8, 4) is 0 Å². The Bertz CT molecular complexity index is 185. The highest BCUT2D eigenvalue weighted by Crippen LogP contribution is 2.03. The second kappa shape index (κ2) is 3.22. The lowest BCUT2D eigenvalue weighted by Gasteiger charge is -1.97. The van der Waals surface area contributed by atoms with Gasteiger partial charge in [0.1, 0.15) is 23.0 Å². The molecule has 1 heterocycles. The maximum absolute atomic E-state index is 4.92. The summed E-state index contributed by atoms with van der Waals surface area (Å²) in [5.74, 6) is 0. The molecule has 1 rings (SSSR count). The standard InChI is InChI=1S/C6H8INO/c1-8-4-2-3-6(8)5-9-7/h2-4H,5H2,1H3. The zero-order valence-electron chi connectivity index (χ0n) is 5.17. The minimum Gasteiger partial charge on any atom is -0.352 e. The first-order chi connectivity index (χ1) is 4.34. The lowest BCUT2D eigenvalue weighted by Crippen LogP contribution is -1.93. The summed E-state index contributed by atoms with van der Waals surface area (Å²) in [5.41, 5.74) is 1.20. The summed E-state index contributed by atoms with van der Waals surface area (Å²) in [5, 5.41) is 0. The zero-order chi connectivity index (χ0) is 6.69. The predicted octanol–water partition coefficient (Wildman–Crippen LogP) is 1.89. The largest absolute Gasteiger partial charge is 0.352 e. The molecule has 0 bridgehead atoms. The Morgan fingerprint density at radius 2 is 2.56 bits per heavy atom. The number of aromatic nitrogens is 1. The van der Waals surface area contributed by atoms with Crippen LogP contribution in [0.2, 0.25) is 0 Å². The van der Waals surface area contributed by atoms with Crippen LogP contribution in [0.15, 0.2) is 18.3 Å². The van der Waals surface area contributed by atoms with Gasteiger partial charge in [-0.3, -0.25) is 0 Å². The van der Waals surface area contributed by atoms with Gasteiger partial charge in [0.05, 0.1) is 6.61 Å². The normalized spacial score (nSPS) is 10.0. The maximum Gasteiger partial charge on any atom is 0.110 e. The molecular formula is C6H8INO. The van der Waals surface area contributed by atoms with E-state index in [1.165, 1.54) is 5.69 Å². The van der Waals surface area contributed by atoms with Crippen molar-refractivity contribution in [3.63, 3.8) is 0 Å². The van der Waals surface area contributed by atoms with Crippen molar-refractivity contribution in [2.75, 3.05) is 0 Å². The van der Waals surface area contributed by atoms with Crippen molar-refractivity contribution < 1.29 is 3.07 Å². The van der Waals surface area contributed by atoms with E-state index in [2.05, 4.69) is 0 Å². The fourth-order valence-electron chi connectivity index (χ4n) is 0.702. The van der Waals surface area contributed by atoms with Gasteiger partial charge >= 0.3 is 0 Å². The van der Waals surface area contributed by atoms with Crippen LogP contribution in [0.4, 0.5) is 0 Å². The molecule has 0 aliphatic heterocycles. The molecule has 50 valence electrons. The molecule has 0 N–H and O–H groups in total. The van der Waals surface area contributed by atoms with E-state index in [-0.39, 0.29) is 0 Å². The van der Waals surface area contributed by atoms with Crippen molar-refractivity contribution in [1.82, 2.24) is 4.57 Å². The van der Waals surface area contributed by atoms with E-state index in [9.17, 15) is 0 Å². The molecule has 0 aliphatic carbocycles. The average Bonchev–Trinajstić information content (AvgIpc) is 2.18. The Balaban J connectivity index is 2.69. The van der Waals surface area contributed by atoms with E-state index < -0.39 is 0 Å². The molecule has 0 fully saturated rings.